The molecule has 5 nitrogen and oxygen atoms in total. The summed E-state index contributed by atoms with van der Waals surface area (Å²) in [6.45, 7) is 0.652. The number of hydrogen-bond donors (Lipinski definition) is 1. The van der Waals surface area contributed by atoms with Gasteiger partial charge in [-0.05, 0) is 36.4 Å². The van der Waals surface area contributed by atoms with Crippen molar-refractivity contribution in [2.75, 3.05) is 18.1 Å². The number of hydrogen-bond acceptors (Lipinski definition) is 5. The summed E-state index contributed by atoms with van der Waals surface area (Å²) in [5.74, 6) is 1.24. The highest BCUT2D eigenvalue weighted by Crippen LogP contribution is 2.21. The molecule has 0 unspecified atom stereocenters. The number of benzene rings is 2. The standard InChI is InChI=1S/C17H18N2O3S2/c20-17(13-24-16-9-7-14(8-10-16)19(21)22)18-11-4-12-23-15-5-2-1-3-6-15/h1-3,5-10H,4,11-13H2,(H,18,20). The summed E-state index contributed by atoms with van der Waals surface area (Å²) in [5.41, 5.74) is 0.0553. The van der Waals surface area contributed by atoms with Gasteiger partial charge < -0.3 is 5.32 Å². The highest BCUT2D eigenvalue weighted by Gasteiger charge is 2.06. The highest BCUT2D eigenvalue weighted by atomic mass is 32.2. The monoisotopic (exact) mass is 362 g/mol. The van der Waals surface area contributed by atoms with Gasteiger partial charge in [0.25, 0.3) is 5.69 Å². The molecule has 2 rings (SSSR count). The quantitative estimate of drug-likeness (QED) is 0.316. The fourth-order valence-corrected chi connectivity index (χ4v) is 3.47. The molecule has 1 amide bonds. The second-order valence-electron chi connectivity index (χ2n) is 4.90. The molecule has 7 heteroatoms. The maximum Gasteiger partial charge on any atom is 0.269 e. The Labute approximate surface area is 149 Å². The van der Waals surface area contributed by atoms with Crippen LogP contribution in [0.15, 0.2) is 64.4 Å². The molecule has 24 heavy (non-hydrogen) atoms. The predicted octanol–water partition coefficient (Wildman–Crippen LogP) is 3.99. The molecule has 0 aliphatic rings. The normalized spacial score (nSPS) is 10.3. The number of carbonyl (C=O) groups is 1. The largest absolute Gasteiger partial charge is 0.355 e. The van der Waals surface area contributed by atoms with E-state index in [0.717, 1.165) is 17.1 Å². The van der Waals surface area contributed by atoms with Crippen LogP contribution in [0.5, 0.6) is 0 Å². The zero-order chi connectivity index (χ0) is 17.2. The van der Waals surface area contributed by atoms with Crippen LogP contribution >= 0.6 is 23.5 Å². The Morgan fingerprint density at radius 3 is 2.33 bits per heavy atom. The van der Waals surface area contributed by atoms with Gasteiger partial charge in [0.15, 0.2) is 0 Å². The predicted molar refractivity (Wildman–Crippen MR) is 98.6 cm³/mol. The maximum atomic E-state index is 11.8. The number of non-ortho nitro benzene ring substituents is 1. The number of nitro benzene ring substituents is 1. The molecule has 126 valence electrons. The third-order valence-corrected chi connectivity index (χ3v) is 5.18. The van der Waals surface area contributed by atoms with Crippen LogP contribution in [0.3, 0.4) is 0 Å². The number of nitrogens with one attached hydrogen (secondary N) is 1. The lowest BCUT2D eigenvalue weighted by atomic mass is 10.3. The van der Waals surface area contributed by atoms with Crippen LogP contribution in [0, 0.1) is 10.1 Å². The lowest BCUT2D eigenvalue weighted by Gasteiger charge is -2.05. The molecule has 0 spiro atoms. The van der Waals surface area contributed by atoms with E-state index in [-0.39, 0.29) is 11.6 Å². The van der Waals surface area contributed by atoms with Crippen LogP contribution in [0.1, 0.15) is 6.42 Å². The Kier molecular flexibility index (Phi) is 7.64. The summed E-state index contributed by atoms with van der Waals surface area (Å²) in [4.78, 5) is 24.0. The smallest absolute Gasteiger partial charge is 0.269 e. The van der Waals surface area contributed by atoms with Crippen molar-refractivity contribution in [1.29, 1.82) is 0 Å². The molecule has 0 fully saturated rings. The van der Waals surface area contributed by atoms with Crippen molar-refractivity contribution in [2.24, 2.45) is 0 Å². The first-order valence-electron chi connectivity index (χ1n) is 7.47. The van der Waals surface area contributed by atoms with Crippen molar-refractivity contribution in [3.63, 3.8) is 0 Å². The molecule has 0 aliphatic carbocycles. The minimum Gasteiger partial charge on any atom is -0.355 e. The first-order chi connectivity index (χ1) is 11.6. The molecular weight excluding hydrogens is 344 g/mol. The van der Waals surface area contributed by atoms with E-state index in [0.29, 0.717) is 12.3 Å². The van der Waals surface area contributed by atoms with E-state index < -0.39 is 4.92 Å². The molecular formula is C17H18N2O3S2. The average Bonchev–Trinajstić information content (AvgIpc) is 2.61. The molecule has 0 heterocycles. The van der Waals surface area contributed by atoms with E-state index in [9.17, 15) is 14.9 Å². The van der Waals surface area contributed by atoms with Crippen molar-refractivity contribution >= 4 is 35.1 Å². The second kappa shape index (κ2) is 10.00. The maximum absolute atomic E-state index is 11.8. The fourth-order valence-electron chi connectivity index (χ4n) is 1.87. The van der Waals surface area contributed by atoms with Crippen molar-refractivity contribution in [3.05, 3.63) is 64.7 Å². The zero-order valence-corrected chi connectivity index (χ0v) is 14.6. The summed E-state index contributed by atoms with van der Waals surface area (Å²) >= 11 is 3.14. The molecule has 0 radical (unpaired) electrons. The van der Waals surface area contributed by atoms with Gasteiger partial charge >= 0.3 is 0 Å². The van der Waals surface area contributed by atoms with Crippen LogP contribution in [0.2, 0.25) is 0 Å². The summed E-state index contributed by atoms with van der Waals surface area (Å²) in [5, 5.41) is 13.5. The number of amides is 1. The van der Waals surface area contributed by atoms with E-state index >= 15 is 0 Å². The Morgan fingerprint density at radius 2 is 1.67 bits per heavy atom. The average molecular weight is 362 g/mol. The molecule has 2 aromatic rings. The molecule has 0 aliphatic heterocycles. The van der Waals surface area contributed by atoms with Gasteiger partial charge in [-0.2, -0.15) is 0 Å². The molecule has 1 N–H and O–H groups in total. The van der Waals surface area contributed by atoms with Crippen molar-refractivity contribution in [3.8, 4) is 0 Å². The summed E-state index contributed by atoms with van der Waals surface area (Å²) in [6, 6.07) is 16.4. The van der Waals surface area contributed by atoms with Crippen LogP contribution < -0.4 is 5.32 Å². The van der Waals surface area contributed by atoms with Crippen LogP contribution in [0.25, 0.3) is 0 Å². The summed E-state index contributed by atoms with van der Waals surface area (Å²) in [7, 11) is 0. The number of rotatable bonds is 9. The number of nitrogens with zero attached hydrogens (tertiary/aromatic N) is 1. The Hall–Kier alpha value is -1.99. The Balaban J connectivity index is 1.59. The fraction of sp³-hybridized carbons (Fsp3) is 0.235. The van der Waals surface area contributed by atoms with Crippen molar-refractivity contribution in [2.45, 2.75) is 16.2 Å². The van der Waals surface area contributed by atoms with Gasteiger partial charge in [-0.3, -0.25) is 14.9 Å². The molecule has 2 aromatic carbocycles. The molecule has 0 aromatic heterocycles. The highest BCUT2D eigenvalue weighted by molar-refractivity contribution is 8.00. The topological polar surface area (TPSA) is 72.2 Å². The second-order valence-corrected chi connectivity index (χ2v) is 7.12. The van der Waals surface area contributed by atoms with E-state index in [2.05, 4.69) is 17.4 Å². The summed E-state index contributed by atoms with van der Waals surface area (Å²) in [6.07, 6.45) is 0.910. The van der Waals surface area contributed by atoms with Gasteiger partial charge in [-0.25, -0.2) is 0 Å². The first kappa shape index (κ1) is 18.4. The third kappa shape index (κ3) is 6.64. The SMILES string of the molecule is O=C(CSc1ccc([N+](=O)[O-])cc1)NCCCSc1ccccc1. The first-order valence-corrected chi connectivity index (χ1v) is 9.44. The lowest BCUT2D eigenvalue weighted by Crippen LogP contribution is -2.26. The Morgan fingerprint density at radius 1 is 1.00 bits per heavy atom. The van der Waals surface area contributed by atoms with E-state index in [1.807, 2.05) is 18.2 Å². The number of carbonyl (C=O) groups excluding carboxylic acids is 1. The van der Waals surface area contributed by atoms with Crippen molar-refractivity contribution in [1.82, 2.24) is 5.32 Å². The third-order valence-electron chi connectivity index (χ3n) is 3.07. The number of nitro groups is 1. The van der Waals surface area contributed by atoms with Gasteiger partial charge in [0.05, 0.1) is 10.7 Å². The zero-order valence-electron chi connectivity index (χ0n) is 13.0. The van der Waals surface area contributed by atoms with Crippen LogP contribution in [-0.2, 0) is 4.79 Å². The van der Waals surface area contributed by atoms with E-state index in [4.69, 9.17) is 0 Å². The van der Waals surface area contributed by atoms with Crippen LogP contribution in [-0.4, -0.2) is 28.9 Å². The lowest BCUT2D eigenvalue weighted by molar-refractivity contribution is -0.384. The molecule has 0 saturated carbocycles. The van der Waals surface area contributed by atoms with Crippen molar-refractivity contribution < 1.29 is 9.72 Å². The molecule has 0 atom stereocenters. The molecule has 0 bridgehead atoms. The minimum atomic E-state index is -0.436. The molecule has 0 saturated heterocycles. The van der Waals surface area contributed by atoms with Gasteiger partial charge in [-0.15, -0.1) is 23.5 Å². The van der Waals surface area contributed by atoms with Crippen LogP contribution in [0.4, 0.5) is 5.69 Å². The Bertz CT molecular complexity index is 663. The van der Waals surface area contributed by atoms with E-state index in [1.165, 1.54) is 28.8 Å². The van der Waals surface area contributed by atoms with Gasteiger partial charge in [-0.1, -0.05) is 18.2 Å². The van der Waals surface area contributed by atoms with Gasteiger partial charge in [0.2, 0.25) is 5.91 Å². The van der Waals surface area contributed by atoms with Gasteiger partial charge in [0, 0.05) is 28.5 Å². The van der Waals surface area contributed by atoms with E-state index in [1.54, 1.807) is 23.9 Å². The minimum absolute atomic E-state index is 0.0249. The van der Waals surface area contributed by atoms with Gasteiger partial charge in [0.1, 0.15) is 0 Å². The summed E-state index contributed by atoms with van der Waals surface area (Å²) < 4.78 is 0. The number of thioether (sulfide) groups is 2.